The molecule has 0 saturated carbocycles. The van der Waals surface area contributed by atoms with Crippen molar-refractivity contribution in [1.29, 1.82) is 0 Å². The van der Waals surface area contributed by atoms with E-state index in [9.17, 15) is 10.1 Å². The average Bonchev–Trinajstić information content (AvgIpc) is 2.43. The van der Waals surface area contributed by atoms with Crippen LogP contribution < -0.4 is 14.8 Å². The number of rotatable bonds is 7. The van der Waals surface area contributed by atoms with Crippen LogP contribution in [0.15, 0.2) is 12.1 Å². The first-order chi connectivity index (χ1) is 9.40. The van der Waals surface area contributed by atoms with Gasteiger partial charge in [0.25, 0.3) is 5.69 Å². The maximum Gasteiger partial charge on any atom is 0.296 e. The third kappa shape index (κ3) is 3.74. The first-order valence-electron chi connectivity index (χ1n) is 6.21. The van der Waals surface area contributed by atoms with Gasteiger partial charge in [-0.2, -0.15) is 0 Å². The second-order valence-electron chi connectivity index (χ2n) is 4.67. The summed E-state index contributed by atoms with van der Waals surface area (Å²) in [6, 6.07) is 3.18. The van der Waals surface area contributed by atoms with Crippen molar-refractivity contribution in [1.82, 2.24) is 4.90 Å². The van der Waals surface area contributed by atoms with E-state index in [1.54, 1.807) is 6.07 Å². The number of anilines is 1. The number of benzene rings is 1. The van der Waals surface area contributed by atoms with Gasteiger partial charge >= 0.3 is 0 Å². The predicted molar refractivity (Wildman–Crippen MR) is 77.8 cm³/mol. The third-order valence-corrected chi connectivity index (χ3v) is 3.17. The first kappa shape index (κ1) is 16.0. The van der Waals surface area contributed by atoms with Gasteiger partial charge < -0.3 is 19.7 Å². The van der Waals surface area contributed by atoms with Crippen molar-refractivity contribution in [3.8, 4) is 11.5 Å². The number of nitrogens with one attached hydrogen (secondary N) is 1. The quantitative estimate of drug-likeness (QED) is 0.609. The topological polar surface area (TPSA) is 76.9 Å². The van der Waals surface area contributed by atoms with E-state index in [-0.39, 0.29) is 11.7 Å². The van der Waals surface area contributed by atoms with E-state index in [2.05, 4.69) is 5.32 Å². The van der Waals surface area contributed by atoms with Crippen LogP contribution in [0.5, 0.6) is 11.5 Å². The summed E-state index contributed by atoms with van der Waals surface area (Å²) in [6.07, 6.45) is 0. The van der Waals surface area contributed by atoms with E-state index >= 15 is 0 Å². The standard InChI is InChI=1S/C13H21N3O4/c1-9(15(2)3)8-14-10-6-12(19-4)13(20-5)7-11(10)16(17)18/h6-7,9,14H,8H2,1-5H3. The number of ether oxygens (including phenoxy) is 2. The number of nitrogens with zero attached hydrogens (tertiary/aromatic N) is 2. The zero-order valence-electron chi connectivity index (χ0n) is 12.5. The van der Waals surface area contributed by atoms with E-state index < -0.39 is 4.92 Å². The monoisotopic (exact) mass is 283 g/mol. The molecule has 0 spiro atoms. The highest BCUT2D eigenvalue weighted by Crippen LogP contribution is 2.37. The molecule has 0 aromatic heterocycles. The van der Waals surface area contributed by atoms with Crippen molar-refractivity contribution in [3.05, 3.63) is 22.2 Å². The first-order valence-corrected chi connectivity index (χ1v) is 6.21. The lowest BCUT2D eigenvalue weighted by Crippen LogP contribution is -2.31. The Morgan fingerprint density at radius 3 is 2.30 bits per heavy atom. The van der Waals surface area contributed by atoms with Gasteiger partial charge in [0.2, 0.25) is 0 Å². The van der Waals surface area contributed by atoms with Crippen molar-refractivity contribution in [2.45, 2.75) is 13.0 Å². The van der Waals surface area contributed by atoms with Crippen LogP contribution in [0.3, 0.4) is 0 Å². The van der Waals surface area contributed by atoms with E-state index in [4.69, 9.17) is 9.47 Å². The predicted octanol–water partition coefficient (Wildman–Crippen LogP) is 1.97. The summed E-state index contributed by atoms with van der Waals surface area (Å²) < 4.78 is 10.2. The Morgan fingerprint density at radius 1 is 1.30 bits per heavy atom. The number of hydrogen-bond donors (Lipinski definition) is 1. The van der Waals surface area contributed by atoms with Gasteiger partial charge in [0.15, 0.2) is 11.5 Å². The Morgan fingerprint density at radius 2 is 1.85 bits per heavy atom. The summed E-state index contributed by atoms with van der Waals surface area (Å²) in [6.45, 7) is 2.61. The molecule has 0 radical (unpaired) electrons. The maximum atomic E-state index is 11.1. The summed E-state index contributed by atoms with van der Waals surface area (Å²) >= 11 is 0. The molecule has 112 valence electrons. The third-order valence-electron chi connectivity index (χ3n) is 3.17. The van der Waals surface area contributed by atoms with Crippen molar-refractivity contribution in [2.24, 2.45) is 0 Å². The molecule has 1 aromatic carbocycles. The molecule has 1 unspecified atom stereocenters. The van der Waals surface area contributed by atoms with Gasteiger partial charge in [-0.1, -0.05) is 0 Å². The average molecular weight is 283 g/mol. The molecule has 1 atom stereocenters. The van der Waals surface area contributed by atoms with Crippen LogP contribution in [0.4, 0.5) is 11.4 Å². The lowest BCUT2D eigenvalue weighted by Gasteiger charge is -2.21. The van der Waals surface area contributed by atoms with Gasteiger partial charge in [0, 0.05) is 18.7 Å². The summed E-state index contributed by atoms with van der Waals surface area (Å²) in [4.78, 5) is 12.7. The molecule has 0 saturated heterocycles. The Labute approximate surface area is 118 Å². The lowest BCUT2D eigenvalue weighted by atomic mass is 10.2. The van der Waals surface area contributed by atoms with Crippen LogP contribution in [0, 0.1) is 10.1 Å². The SMILES string of the molecule is COc1cc(NCC(C)N(C)C)c([N+](=O)[O-])cc1OC. The summed E-state index contributed by atoms with van der Waals surface area (Å²) in [7, 11) is 6.85. The molecule has 0 bridgehead atoms. The minimum atomic E-state index is -0.440. The van der Waals surface area contributed by atoms with Gasteiger partial charge in [0.1, 0.15) is 5.69 Å². The largest absolute Gasteiger partial charge is 0.493 e. The van der Waals surface area contributed by atoms with E-state index in [1.165, 1.54) is 20.3 Å². The van der Waals surface area contributed by atoms with Crippen LogP contribution >= 0.6 is 0 Å². The Bertz CT molecular complexity index is 477. The molecule has 0 heterocycles. The zero-order valence-corrected chi connectivity index (χ0v) is 12.5. The number of nitro groups is 1. The van der Waals surface area contributed by atoms with Gasteiger partial charge in [-0.05, 0) is 21.0 Å². The van der Waals surface area contributed by atoms with Gasteiger partial charge in [-0.15, -0.1) is 0 Å². The molecule has 0 aliphatic heterocycles. The highest BCUT2D eigenvalue weighted by molar-refractivity contribution is 5.68. The lowest BCUT2D eigenvalue weighted by molar-refractivity contribution is -0.384. The van der Waals surface area contributed by atoms with E-state index in [1.807, 2.05) is 25.9 Å². The van der Waals surface area contributed by atoms with E-state index in [0.29, 0.717) is 23.7 Å². The molecular formula is C13H21N3O4. The fourth-order valence-electron chi connectivity index (χ4n) is 1.60. The fraction of sp³-hybridized carbons (Fsp3) is 0.538. The molecule has 1 aromatic rings. The summed E-state index contributed by atoms with van der Waals surface area (Å²) in [5.74, 6) is 0.795. The zero-order chi connectivity index (χ0) is 15.3. The van der Waals surface area contributed by atoms with Crippen LogP contribution in [0.1, 0.15) is 6.92 Å². The van der Waals surface area contributed by atoms with Crippen LogP contribution in [0.25, 0.3) is 0 Å². The van der Waals surface area contributed by atoms with Crippen LogP contribution in [-0.4, -0.2) is 50.7 Å². The molecule has 20 heavy (non-hydrogen) atoms. The molecule has 7 heteroatoms. The van der Waals surface area contributed by atoms with Crippen molar-refractivity contribution in [2.75, 3.05) is 40.2 Å². The van der Waals surface area contributed by atoms with Crippen LogP contribution in [0.2, 0.25) is 0 Å². The molecular weight excluding hydrogens is 262 g/mol. The van der Waals surface area contributed by atoms with Gasteiger partial charge in [-0.25, -0.2) is 0 Å². The highest BCUT2D eigenvalue weighted by atomic mass is 16.6. The smallest absolute Gasteiger partial charge is 0.296 e. The van der Waals surface area contributed by atoms with E-state index in [0.717, 1.165) is 0 Å². The molecule has 7 nitrogen and oxygen atoms in total. The molecule has 1 N–H and O–H groups in total. The second kappa shape index (κ2) is 6.95. The van der Waals surface area contributed by atoms with Crippen LogP contribution in [-0.2, 0) is 0 Å². The maximum absolute atomic E-state index is 11.1. The minimum absolute atomic E-state index is 0.0337. The number of hydrogen-bond acceptors (Lipinski definition) is 6. The number of likely N-dealkylation sites (N-methyl/N-ethyl adjacent to an activating group) is 1. The molecule has 1 rings (SSSR count). The van der Waals surface area contributed by atoms with Crippen molar-refractivity contribution in [3.63, 3.8) is 0 Å². The fourth-order valence-corrected chi connectivity index (χ4v) is 1.60. The Hall–Kier alpha value is -2.02. The van der Waals surface area contributed by atoms with Gasteiger partial charge in [-0.3, -0.25) is 10.1 Å². The summed E-state index contributed by atoms with van der Waals surface area (Å²) in [5.41, 5.74) is 0.384. The van der Waals surface area contributed by atoms with Crippen molar-refractivity contribution < 1.29 is 14.4 Å². The Balaban J connectivity index is 3.06. The molecule has 0 fully saturated rings. The molecule has 0 amide bonds. The normalized spacial score (nSPS) is 12.1. The molecule has 0 aliphatic carbocycles. The van der Waals surface area contributed by atoms with Gasteiger partial charge in [0.05, 0.1) is 25.2 Å². The Kier molecular flexibility index (Phi) is 5.57. The number of nitro benzene ring substituents is 1. The second-order valence-corrected chi connectivity index (χ2v) is 4.67. The minimum Gasteiger partial charge on any atom is -0.493 e. The highest BCUT2D eigenvalue weighted by Gasteiger charge is 2.20. The molecule has 0 aliphatic rings. The summed E-state index contributed by atoms with van der Waals surface area (Å²) in [5, 5.41) is 14.2. The number of methoxy groups -OCH3 is 2. The van der Waals surface area contributed by atoms with Crippen molar-refractivity contribution >= 4 is 11.4 Å².